The molecule has 1 aliphatic carbocycles. The lowest BCUT2D eigenvalue weighted by atomic mass is 9.71. The van der Waals surface area contributed by atoms with Gasteiger partial charge in [-0.25, -0.2) is 9.67 Å². The van der Waals surface area contributed by atoms with Gasteiger partial charge in [-0.1, -0.05) is 20.8 Å². The molecular formula is C14H26N4. The van der Waals surface area contributed by atoms with Crippen LogP contribution in [0.25, 0.3) is 0 Å². The topological polar surface area (TPSA) is 42.7 Å². The number of nitrogens with one attached hydrogen (secondary N) is 1. The van der Waals surface area contributed by atoms with E-state index in [-0.39, 0.29) is 0 Å². The molecule has 18 heavy (non-hydrogen) atoms. The summed E-state index contributed by atoms with van der Waals surface area (Å²) in [5.74, 6) is 3.45. The first kappa shape index (κ1) is 13.5. The number of nitrogens with zero attached hydrogens (tertiary/aromatic N) is 3. The van der Waals surface area contributed by atoms with Crippen molar-refractivity contribution in [3.8, 4) is 0 Å². The monoisotopic (exact) mass is 250 g/mol. The lowest BCUT2D eigenvalue weighted by molar-refractivity contribution is 0.167. The maximum atomic E-state index is 4.44. The van der Waals surface area contributed by atoms with Crippen LogP contribution in [0.1, 0.15) is 39.4 Å². The molecule has 1 aromatic rings. The smallest absolute Gasteiger partial charge is 0.138 e. The molecule has 1 aliphatic rings. The number of aromatic nitrogens is 3. The molecule has 0 spiro atoms. The van der Waals surface area contributed by atoms with Crippen LogP contribution in [0.4, 0.5) is 0 Å². The van der Waals surface area contributed by atoms with Crippen molar-refractivity contribution < 1.29 is 0 Å². The van der Waals surface area contributed by atoms with Gasteiger partial charge in [0.2, 0.25) is 0 Å². The van der Waals surface area contributed by atoms with Crippen LogP contribution in [0.5, 0.6) is 0 Å². The molecule has 0 aromatic carbocycles. The lowest BCUT2D eigenvalue weighted by Crippen LogP contribution is -2.36. The van der Waals surface area contributed by atoms with Crippen molar-refractivity contribution >= 4 is 0 Å². The van der Waals surface area contributed by atoms with Crippen molar-refractivity contribution in [1.82, 2.24) is 20.1 Å². The van der Waals surface area contributed by atoms with E-state index >= 15 is 0 Å². The van der Waals surface area contributed by atoms with Gasteiger partial charge in [0.1, 0.15) is 12.2 Å². The summed E-state index contributed by atoms with van der Waals surface area (Å²) in [4.78, 5) is 4.44. The van der Waals surface area contributed by atoms with Crippen LogP contribution in [-0.4, -0.2) is 27.9 Å². The van der Waals surface area contributed by atoms with E-state index in [1.54, 1.807) is 6.33 Å². The predicted molar refractivity (Wildman–Crippen MR) is 73.3 cm³/mol. The van der Waals surface area contributed by atoms with Gasteiger partial charge in [-0.2, -0.15) is 5.10 Å². The molecule has 1 saturated carbocycles. The minimum atomic E-state index is 0.629. The first-order valence-electron chi connectivity index (χ1n) is 7.28. The van der Waals surface area contributed by atoms with Gasteiger partial charge in [-0.15, -0.1) is 0 Å². The summed E-state index contributed by atoms with van der Waals surface area (Å²) in [6, 6.07) is 0. The number of rotatable bonds is 7. The molecule has 0 saturated heterocycles. The summed E-state index contributed by atoms with van der Waals surface area (Å²) >= 11 is 0. The van der Waals surface area contributed by atoms with Crippen LogP contribution >= 0.6 is 0 Å². The minimum Gasteiger partial charge on any atom is -0.317 e. The Bertz CT molecular complexity index is 358. The first-order valence-corrected chi connectivity index (χ1v) is 7.28. The molecule has 0 bridgehead atoms. The highest BCUT2D eigenvalue weighted by molar-refractivity contribution is 4.93. The fourth-order valence-electron chi connectivity index (χ4n) is 2.68. The Morgan fingerprint density at radius 3 is 2.78 bits per heavy atom. The van der Waals surface area contributed by atoms with Crippen LogP contribution in [0.3, 0.4) is 0 Å². The van der Waals surface area contributed by atoms with E-state index in [9.17, 15) is 0 Å². The third kappa shape index (κ3) is 3.31. The number of hydrogen-bond donors (Lipinski definition) is 1. The molecule has 1 N–H and O–H groups in total. The summed E-state index contributed by atoms with van der Waals surface area (Å²) < 4.78 is 2.09. The summed E-state index contributed by atoms with van der Waals surface area (Å²) in [5, 5.41) is 7.81. The van der Waals surface area contributed by atoms with Gasteiger partial charge in [-0.3, -0.25) is 0 Å². The molecule has 1 aromatic heterocycles. The Morgan fingerprint density at radius 1 is 1.39 bits per heavy atom. The second-order valence-corrected chi connectivity index (χ2v) is 5.86. The molecule has 2 rings (SSSR count). The van der Waals surface area contributed by atoms with Crippen LogP contribution < -0.4 is 5.32 Å². The highest BCUT2D eigenvalue weighted by Gasteiger charge is 2.31. The molecule has 0 radical (unpaired) electrons. The molecule has 2 atom stereocenters. The van der Waals surface area contributed by atoms with Crippen molar-refractivity contribution in [2.75, 3.05) is 13.1 Å². The van der Waals surface area contributed by atoms with Gasteiger partial charge in [-0.05, 0) is 43.7 Å². The Kier molecular flexibility index (Phi) is 4.75. The summed E-state index contributed by atoms with van der Waals surface area (Å²) in [5.41, 5.74) is 0. The van der Waals surface area contributed by atoms with Crippen molar-refractivity contribution in [3.05, 3.63) is 12.2 Å². The predicted octanol–water partition coefficient (Wildman–Crippen LogP) is 2.11. The van der Waals surface area contributed by atoms with Gasteiger partial charge in [0.05, 0.1) is 0 Å². The second-order valence-electron chi connectivity index (χ2n) is 5.86. The van der Waals surface area contributed by atoms with Crippen molar-refractivity contribution in [1.29, 1.82) is 0 Å². The third-order valence-corrected chi connectivity index (χ3v) is 3.91. The average molecular weight is 250 g/mol. The minimum absolute atomic E-state index is 0.629. The van der Waals surface area contributed by atoms with E-state index in [4.69, 9.17) is 0 Å². The zero-order chi connectivity index (χ0) is 13.0. The van der Waals surface area contributed by atoms with Crippen LogP contribution in [0.2, 0.25) is 0 Å². The Labute approximate surface area is 110 Å². The molecular weight excluding hydrogens is 224 g/mol. The van der Waals surface area contributed by atoms with Crippen LogP contribution in [0.15, 0.2) is 6.33 Å². The van der Waals surface area contributed by atoms with Gasteiger partial charge in [0.15, 0.2) is 0 Å². The fourth-order valence-corrected chi connectivity index (χ4v) is 2.68. The molecule has 4 nitrogen and oxygen atoms in total. The van der Waals surface area contributed by atoms with Gasteiger partial charge in [0.25, 0.3) is 0 Å². The fraction of sp³-hybridized carbons (Fsp3) is 0.857. The molecule has 1 fully saturated rings. The SMILES string of the molecule is CCNCC1CCC1Cc1ncnn1CC(C)C. The van der Waals surface area contributed by atoms with Crippen LogP contribution in [-0.2, 0) is 13.0 Å². The normalized spacial score (nSPS) is 23.3. The molecule has 0 aliphatic heterocycles. The maximum Gasteiger partial charge on any atom is 0.138 e. The van der Waals surface area contributed by atoms with Crippen molar-refractivity contribution in [2.24, 2.45) is 17.8 Å². The zero-order valence-electron chi connectivity index (χ0n) is 11.9. The molecule has 4 heteroatoms. The summed E-state index contributed by atoms with van der Waals surface area (Å²) in [7, 11) is 0. The largest absolute Gasteiger partial charge is 0.317 e. The van der Waals surface area contributed by atoms with E-state index in [1.165, 1.54) is 25.2 Å². The maximum absolute atomic E-state index is 4.44. The quantitative estimate of drug-likeness (QED) is 0.806. The third-order valence-electron chi connectivity index (χ3n) is 3.91. The van der Waals surface area contributed by atoms with E-state index in [0.717, 1.165) is 31.3 Å². The van der Waals surface area contributed by atoms with Gasteiger partial charge < -0.3 is 5.32 Å². The Balaban J connectivity index is 1.87. The highest BCUT2D eigenvalue weighted by Crippen LogP contribution is 2.35. The molecule has 102 valence electrons. The number of hydrogen-bond acceptors (Lipinski definition) is 3. The molecule has 0 amide bonds. The van der Waals surface area contributed by atoms with Crippen molar-refractivity contribution in [2.45, 2.75) is 46.6 Å². The second kappa shape index (κ2) is 6.32. The van der Waals surface area contributed by atoms with Gasteiger partial charge in [0, 0.05) is 13.0 Å². The standard InChI is InChI=1S/C14H26N4/c1-4-15-8-13-6-5-12(13)7-14-16-10-17-18(14)9-11(2)3/h10-13,15H,4-9H2,1-3H3. The van der Waals surface area contributed by atoms with E-state index in [1.807, 2.05) is 0 Å². The van der Waals surface area contributed by atoms with Crippen LogP contribution in [0, 0.1) is 17.8 Å². The highest BCUT2D eigenvalue weighted by atomic mass is 15.3. The average Bonchev–Trinajstić information content (AvgIpc) is 2.71. The molecule has 1 heterocycles. The van der Waals surface area contributed by atoms with E-state index < -0.39 is 0 Å². The summed E-state index contributed by atoms with van der Waals surface area (Å²) in [6.45, 7) is 9.85. The van der Waals surface area contributed by atoms with Crippen molar-refractivity contribution in [3.63, 3.8) is 0 Å². The zero-order valence-corrected chi connectivity index (χ0v) is 11.9. The molecule has 2 unspecified atom stereocenters. The summed E-state index contributed by atoms with van der Waals surface area (Å²) in [6.07, 6.45) is 5.53. The van der Waals surface area contributed by atoms with E-state index in [2.05, 4.69) is 40.9 Å². The first-order chi connectivity index (χ1) is 8.70. The Morgan fingerprint density at radius 2 is 2.17 bits per heavy atom. The lowest BCUT2D eigenvalue weighted by Gasteiger charge is -2.36. The Hall–Kier alpha value is -0.900. The van der Waals surface area contributed by atoms with Gasteiger partial charge >= 0.3 is 0 Å². The van der Waals surface area contributed by atoms with E-state index in [0.29, 0.717) is 5.92 Å².